The lowest BCUT2D eigenvalue weighted by Gasteiger charge is -2.18. The van der Waals surface area contributed by atoms with Crippen LogP contribution in [-0.2, 0) is 11.8 Å². The van der Waals surface area contributed by atoms with Crippen molar-refractivity contribution < 1.29 is 9.90 Å². The van der Waals surface area contributed by atoms with Crippen molar-refractivity contribution in [2.75, 3.05) is 19.0 Å². The second-order valence-corrected chi connectivity index (χ2v) is 6.29. The Kier molecular flexibility index (Phi) is 3.69. The molecule has 116 valence electrons. The first-order valence-electron chi connectivity index (χ1n) is 7.66. The summed E-state index contributed by atoms with van der Waals surface area (Å²) in [5, 5.41) is 10.4. The molecule has 0 spiro atoms. The number of anilines is 1. The summed E-state index contributed by atoms with van der Waals surface area (Å²) in [6.07, 6.45) is 6.47. The maximum Gasteiger partial charge on any atom is 0.306 e. The highest BCUT2D eigenvalue weighted by Gasteiger charge is 2.22. The SMILES string of the molecule is CN(C)c1ccc2c(c1)c(C1=CCC(C(=O)O)CC1)cn2C. The largest absolute Gasteiger partial charge is 0.481 e. The Morgan fingerprint density at radius 3 is 2.73 bits per heavy atom. The van der Waals surface area contributed by atoms with Gasteiger partial charge in [0.2, 0.25) is 0 Å². The highest BCUT2D eigenvalue weighted by molar-refractivity contribution is 5.95. The van der Waals surface area contributed by atoms with Gasteiger partial charge in [-0.2, -0.15) is 0 Å². The van der Waals surface area contributed by atoms with Gasteiger partial charge < -0.3 is 14.6 Å². The number of carboxylic acid groups (broad SMARTS) is 1. The molecule has 1 N–H and O–H groups in total. The van der Waals surface area contributed by atoms with E-state index < -0.39 is 5.97 Å². The van der Waals surface area contributed by atoms with Gasteiger partial charge in [-0.25, -0.2) is 0 Å². The second-order valence-electron chi connectivity index (χ2n) is 6.29. The van der Waals surface area contributed by atoms with E-state index in [0.29, 0.717) is 6.42 Å². The normalized spacial score (nSPS) is 18.3. The molecule has 3 rings (SSSR count). The summed E-state index contributed by atoms with van der Waals surface area (Å²) < 4.78 is 2.15. The van der Waals surface area contributed by atoms with Gasteiger partial charge in [-0.05, 0) is 43.0 Å². The van der Waals surface area contributed by atoms with Crippen molar-refractivity contribution in [1.29, 1.82) is 0 Å². The lowest BCUT2D eigenvalue weighted by Crippen LogP contribution is -2.15. The Balaban J connectivity index is 2.04. The monoisotopic (exact) mass is 298 g/mol. The molecule has 1 aromatic heterocycles. The molecule has 4 heteroatoms. The van der Waals surface area contributed by atoms with Crippen LogP contribution in [0.3, 0.4) is 0 Å². The fraction of sp³-hybridized carbons (Fsp3) is 0.389. The highest BCUT2D eigenvalue weighted by atomic mass is 16.4. The highest BCUT2D eigenvalue weighted by Crippen LogP contribution is 2.36. The Morgan fingerprint density at radius 2 is 2.14 bits per heavy atom. The van der Waals surface area contributed by atoms with Crippen LogP contribution >= 0.6 is 0 Å². The molecule has 1 atom stereocenters. The number of aromatic nitrogens is 1. The van der Waals surface area contributed by atoms with E-state index in [1.807, 2.05) is 14.1 Å². The standard InChI is InChI=1S/C18H22N2O2/c1-19(2)14-8-9-17-15(10-14)16(11-20(17)3)12-4-6-13(7-5-12)18(21)22/h4,8-11,13H,5-7H2,1-3H3,(H,21,22). The summed E-state index contributed by atoms with van der Waals surface area (Å²) in [6.45, 7) is 0. The smallest absolute Gasteiger partial charge is 0.306 e. The molecule has 4 nitrogen and oxygen atoms in total. The summed E-state index contributed by atoms with van der Waals surface area (Å²) in [5.74, 6) is -0.904. The van der Waals surface area contributed by atoms with Gasteiger partial charge in [0.05, 0.1) is 5.92 Å². The zero-order valence-corrected chi connectivity index (χ0v) is 13.3. The molecular formula is C18H22N2O2. The van der Waals surface area contributed by atoms with Gasteiger partial charge in [0.25, 0.3) is 0 Å². The van der Waals surface area contributed by atoms with E-state index in [1.165, 1.54) is 27.7 Å². The van der Waals surface area contributed by atoms with E-state index in [0.717, 1.165) is 12.8 Å². The number of nitrogens with zero attached hydrogens (tertiary/aromatic N) is 2. The summed E-state index contributed by atoms with van der Waals surface area (Å²) in [7, 11) is 6.15. The molecule has 1 unspecified atom stereocenters. The summed E-state index contributed by atoms with van der Waals surface area (Å²) in [5.41, 5.74) is 4.91. The minimum Gasteiger partial charge on any atom is -0.481 e. The topological polar surface area (TPSA) is 45.5 Å². The fourth-order valence-corrected chi connectivity index (χ4v) is 3.22. The predicted molar refractivity (Wildman–Crippen MR) is 90.2 cm³/mol. The molecule has 0 saturated heterocycles. The van der Waals surface area contributed by atoms with E-state index in [2.05, 4.69) is 47.0 Å². The van der Waals surface area contributed by atoms with Gasteiger partial charge >= 0.3 is 5.97 Å². The molecular weight excluding hydrogens is 276 g/mol. The van der Waals surface area contributed by atoms with Crippen LogP contribution in [-0.4, -0.2) is 29.7 Å². The fourth-order valence-electron chi connectivity index (χ4n) is 3.22. The zero-order valence-electron chi connectivity index (χ0n) is 13.3. The van der Waals surface area contributed by atoms with Crippen molar-refractivity contribution in [3.8, 4) is 0 Å². The van der Waals surface area contributed by atoms with E-state index in [1.54, 1.807) is 0 Å². The number of hydrogen-bond acceptors (Lipinski definition) is 2. The lowest BCUT2D eigenvalue weighted by atomic mass is 9.86. The second kappa shape index (κ2) is 5.52. The van der Waals surface area contributed by atoms with Crippen molar-refractivity contribution in [3.63, 3.8) is 0 Å². The van der Waals surface area contributed by atoms with Crippen LogP contribution in [0.2, 0.25) is 0 Å². The summed E-state index contributed by atoms with van der Waals surface area (Å²) in [6, 6.07) is 6.49. The van der Waals surface area contributed by atoms with Gasteiger partial charge in [0, 0.05) is 49.5 Å². The zero-order chi connectivity index (χ0) is 15.9. The lowest BCUT2D eigenvalue weighted by molar-refractivity contribution is -0.141. The summed E-state index contributed by atoms with van der Waals surface area (Å²) in [4.78, 5) is 13.2. The number of aryl methyl sites for hydroxylation is 1. The van der Waals surface area contributed by atoms with Gasteiger partial charge in [-0.1, -0.05) is 6.08 Å². The number of rotatable bonds is 3. The van der Waals surface area contributed by atoms with E-state index >= 15 is 0 Å². The molecule has 0 radical (unpaired) electrons. The Hall–Kier alpha value is -2.23. The Bertz CT molecular complexity index is 756. The Morgan fingerprint density at radius 1 is 1.36 bits per heavy atom. The molecule has 0 aliphatic heterocycles. The predicted octanol–water partition coefficient (Wildman–Crippen LogP) is 3.51. The molecule has 22 heavy (non-hydrogen) atoms. The van der Waals surface area contributed by atoms with E-state index in [-0.39, 0.29) is 5.92 Å². The minimum atomic E-state index is -0.678. The number of aliphatic carboxylic acids is 1. The van der Waals surface area contributed by atoms with Gasteiger partial charge in [0.1, 0.15) is 0 Å². The molecule has 1 aromatic carbocycles. The third kappa shape index (κ3) is 2.49. The van der Waals surface area contributed by atoms with Crippen molar-refractivity contribution >= 4 is 28.1 Å². The molecule has 0 saturated carbocycles. The quantitative estimate of drug-likeness (QED) is 0.943. The van der Waals surface area contributed by atoms with Crippen molar-refractivity contribution in [1.82, 2.24) is 4.57 Å². The molecule has 0 bridgehead atoms. The molecule has 2 aromatic rings. The number of hydrogen-bond donors (Lipinski definition) is 1. The minimum absolute atomic E-state index is 0.226. The van der Waals surface area contributed by atoms with Gasteiger partial charge in [-0.3, -0.25) is 4.79 Å². The van der Waals surface area contributed by atoms with Crippen LogP contribution < -0.4 is 4.90 Å². The number of carboxylic acids is 1. The van der Waals surface area contributed by atoms with Crippen LogP contribution in [0.15, 0.2) is 30.5 Å². The van der Waals surface area contributed by atoms with Crippen LogP contribution in [0.25, 0.3) is 16.5 Å². The first kappa shape index (κ1) is 14.7. The number of benzene rings is 1. The maximum absolute atomic E-state index is 11.1. The molecule has 1 aliphatic carbocycles. The molecule has 0 fully saturated rings. The average Bonchev–Trinajstić information content (AvgIpc) is 2.84. The van der Waals surface area contributed by atoms with Crippen LogP contribution in [0, 0.1) is 5.92 Å². The average molecular weight is 298 g/mol. The summed E-state index contributed by atoms with van der Waals surface area (Å²) >= 11 is 0. The van der Waals surface area contributed by atoms with Gasteiger partial charge in [-0.15, -0.1) is 0 Å². The van der Waals surface area contributed by atoms with Crippen molar-refractivity contribution in [3.05, 3.63) is 36.0 Å². The van der Waals surface area contributed by atoms with Crippen molar-refractivity contribution in [2.45, 2.75) is 19.3 Å². The van der Waals surface area contributed by atoms with Gasteiger partial charge in [0.15, 0.2) is 0 Å². The third-order valence-electron chi connectivity index (χ3n) is 4.60. The van der Waals surface area contributed by atoms with E-state index in [4.69, 9.17) is 5.11 Å². The molecule has 0 amide bonds. The molecule has 1 aliphatic rings. The maximum atomic E-state index is 11.1. The first-order chi connectivity index (χ1) is 10.5. The number of fused-ring (bicyclic) bond motifs is 1. The van der Waals surface area contributed by atoms with E-state index in [9.17, 15) is 4.79 Å². The van der Waals surface area contributed by atoms with Crippen LogP contribution in [0.5, 0.6) is 0 Å². The first-order valence-corrected chi connectivity index (χ1v) is 7.66. The number of carbonyl (C=O) groups is 1. The number of allylic oxidation sites excluding steroid dienone is 2. The molecule has 1 heterocycles. The Labute approximate surface area is 130 Å². The third-order valence-corrected chi connectivity index (χ3v) is 4.60. The van der Waals surface area contributed by atoms with Crippen molar-refractivity contribution in [2.24, 2.45) is 13.0 Å². The van der Waals surface area contributed by atoms with Crippen LogP contribution in [0.4, 0.5) is 5.69 Å². The van der Waals surface area contributed by atoms with Crippen LogP contribution in [0.1, 0.15) is 24.8 Å².